The Morgan fingerprint density at radius 3 is 2.63 bits per heavy atom. The summed E-state index contributed by atoms with van der Waals surface area (Å²) >= 11 is 5.93. The Kier molecular flexibility index (Phi) is 6.50. The molecular weight excluding hydrogens is 421 g/mol. The standard InChI is InChI=1S/C20H20ClF3N4O2/c1-3-30-19(29)16-9-13(10-28-7-6-25-12-28)8-15(14(16)4-5-21)17-11-27(2)26-18(17)20(22,23)24/h6-9,11-12H,3-5,10H2,1-2H3. The topological polar surface area (TPSA) is 61.9 Å². The second-order valence-corrected chi connectivity index (χ2v) is 7.00. The molecule has 1 aromatic carbocycles. The highest BCUT2D eigenvalue weighted by Crippen LogP contribution is 2.39. The monoisotopic (exact) mass is 440 g/mol. The van der Waals surface area contributed by atoms with Crippen molar-refractivity contribution in [3.8, 4) is 11.1 Å². The Balaban J connectivity index is 2.26. The number of alkyl halides is 4. The molecule has 30 heavy (non-hydrogen) atoms. The lowest BCUT2D eigenvalue weighted by atomic mass is 9.91. The van der Waals surface area contributed by atoms with Crippen LogP contribution in [0.25, 0.3) is 11.1 Å². The van der Waals surface area contributed by atoms with Crippen LogP contribution in [-0.2, 0) is 30.9 Å². The maximum atomic E-state index is 13.6. The van der Waals surface area contributed by atoms with Crippen LogP contribution in [0.3, 0.4) is 0 Å². The summed E-state index contributed by atoms with van der Waals surface area (Å²) in [5.41, 5.74) is 0.357. The molecule has 0 fully saturated rings. The third kappa shape index (κ3) is 4.67. The molecule has 2 aromatic heterocycles. The van der Waals surface area contributed by atoms with Gasteiger partial charge < -0.3 is 9.30 Å². The number of benzene rings is 1. The molecule has 3 rings (SSSR count). The van der Waals surface area contributed by atoms with Crippen LogP contribution in [-0.4, -0.2) is 37.8 Å². The Bertz CT molecular complexity index is 1030. The van der Waals surface area contributed by atoms with Crippen molar-refractivity contribution in [2.24, 2.45) is 7.05 Å². The van der Waals surface area contributed by atoms with Crippen molar-refractivity contribution < 1.29 is 22.7 Å². The molecule has 0 unspecified atom stereocenters. The van der Waals surface area contributed by atoms with E-state index in [4.69, 9.17) is 16.3 Å². The first-order valence-electron chi connectivity index (χ1n) is 9.20. The van der Waals surface area contributed by atoms with Gasteiger partial charge in [-0.3, -0.25) is 4.68 Å². The van der Waals surface area contributed by atoms with Gasteiger partial charge in [0.2, 0.25) is 0 Å². The number of ether oxygens (including phenoxy) is 1. The highest BCUT2D eigenvalue weighted by molar-refractivity contribution is 6.18. The molecule has 0 radical (unpaired) electrons. The number of halogens is 4. The molecule has 0 bridgehead atoms. The van der Waals surface area contributed by atoms with Crippen molar-refractivity contribution in [1.29, 1.82) is 0 Å². The highest BCUT2D eigenvalue weighted by atomic mass is 35.5. The lowest BCUT2D eigenvalue weighted by molar-refractivity contribution is -0.140. The van der Waals surface area contributed by atoms with Crippen LogP contribution in [0.2, 0.25) is 0 Å². The lowest BCUT2D eigenvalue weighted by Crippen LogP contribution is -2.13. The third-order valence-electron chi connectivity index (χ3n) is 4.46. The number of carbonyl (C=O) groups is 1. The summed E-state index contributed by atoms with van der Waals surface area (Å²) in [6.07, 6.45) is 1.74. The van der Waals surface area contributed by atoms with Gasteiger partial charge in [0.15, 0.2) is 5.69 Å². The first-order valence-corrected chi connectivity index (χ1v) is 9.73. The average Bonchev–Trinajstić information content (AvgIpc) is 3.32. The van der Waals surface area contributed by atoms with E-state index in [1.165, 1.54) is 13.2 Å². The molecule has 0 saturated heterocycles. The zero-order valence-electron chi connectivity index (χ0n) is 16.4. The number of carbonyl (C=O) groups excluding carboxylic acids is 1. The molecule has 0 amide bonds. The van der Waals surface area contributed by atoms with E-state index in [-0.39, 0.29) is 35.6 Å². The minimum absolute atomic E-state index is 0.108. The number of esters is 1. The first kappa shape index (κ1) is 21.9. The second kappa shape index (κ2) is 8.91. The molecule has 2 heterocycles. The molecule has 0 saturated carbocycles. The van der Waals surface area contributed by atoms with E-state index in [9.17, 15) is 18.0 Å². The fraction of sp³-hybridized carbons (Fsp3) is 0.350. The molecule has 160 valence electrons. The number of imidazole rings is 1. The zero-order chi connectivity index (χ0) is 21.9. The van der Waals surface area contributed by atoms with Gasteiger partial charge in [-0.05, 0) is 42.2 Å². The van der Waals surface area contributed by atoms with E-state index < -0.39 is 17.8 Å². The molecule has 10 heteroatoms. The minimum atomic E-state index is -4.65. The Hall–Kier alpha value is -2.81. The van der Waals surface area contributed by atoms with Crippen LogP contribution in [0.4, 0.5) is 13.2 Å². The third-order valence-corrected chi connectivity index (χ3v) is 4.65. The fourth-order valence-corrected chi connectivity index (χ4v) is 3.49. The van der Waals surface area contributed by atoms with Gasteiger partial charge in [-0.2, -0.15) is 18.3 Å². The maximum absolute atomic E-state index is 13.6. The van der Waals surface area contributed by atoms with Crippen LogP contribution < -0.4 is 0 Å². The molecule has 0 N–H and O–H groups in total. The van der Waals surface area contributed by atoms with Gasteiger partial charge in [-0.25, -0.2) is 9.78 Å². The van der Waals surface area contributed by atoms with Crippen molar-refractivity contribution in [1.82, 2.24) is 19.3 Å². The van der Waals surface area contributed by atoms with Crippen LogP contribution in [0, 0.1) is 0 Å². The Morgan fingerprint density at radius 2 is 2.03 bits per heavy atom. The molecule has 6 nitrogen and oxygen atoms in total. The number of aryl methyl sites for hydroxylation is 1. The van der Waals surface area contributed by atoms with E-state index in [1.807, 2.05) is 0 Å². The summed E-state index contributed by atoms with van der Waals surface area (Å²) in [6.45, 7) is 2.13. The van der Waals surface area contributed by atoms with Crippen LogP contribution in [0.15, 0.2) is 37.1 Å². The molecule has 0 spiro atoms. The number of nitrogens with zero attached hydrogens (tertiary/aromatic N) is 4. The molecule has 0 aliphatic heterocycles. The number of hydrogen-bond donors (Lipinski definition) is 0. The van der Waals surface area contributed by atoms with Gasteiger partial charge in [0.05, 0.1) is 18.5 Å². The van der Waals surface area contributed by atoms with E-state index in [0.29, 0.717) is 17.7 Å². The molecule has 0 aliphatic rings. The second-order valence-electron chi connectivity index (χ2n) is 6.63. The molecule has 0 atom stereocenters. The van der Waals surface area contributed by atoms with Crippen molar-refractivity contribution in [3.63, 3.8) is 0 Å². The summed E-state index contributed by atoms with van der Waals surface area (Å²) in [4.78, 5) is 16.6. The van der Waals surface area contributed by atoms with Crippen LogP contribution >= 0.6 is 11.6 Å². The quantitative estimate of drug-likeness (QED) is 0.406. The van der Waals surface area contributed by atoms with Crippen molar-refractivity contribution in [2.75, 3.05) is 12.5 Å². The summed E-state index contributed by atoms with van der Waals surface area (Å²) in [5.74, 6) is -0.481. The zero-order valence-corrected chi connectivity index (χ0v) is 17.2. The van der Waals surface area contributed by atoms with Gasteiger partial charge in [0.1, 0.15) is 0 Å². The van der Waals surface area contributed by atoms with Gasteiger partial charge in [-0.1, -0.05) is 0 Å². The van der Waals surface area contributed by atoms with Gasteiger partial charge >= 0.3 is 12.1 Å². The smallest absolute Gasteiger partial charge is 0.435 e. The van der Waals surface area contributed by atoms with Crippen molar-refractivity contribution >= 4 is 17.6 Å². The van der Waals surface area contributed by atoms with Gasteiger partial charge in [0.25, 0.3) is 0 Å². The molecule has 3 aromatic rings. The number of rotatable bonds is 7. The predicted molar refractivity (Wildman–Crippen MR) is 105 cm³/mol. The van der Waals surface area contributed by atoms with Gasteiger partial charge in [0, 0.05) is 43.6 Å². The summed E-state index contributed by atoms with van der Waals surface area (Å²) in [5, 5.41) is 3.60. The lowest BCUT2D eigenvalue weighted by Gasteiger charge is -2.17. The van der Waals surface area contributed by atoms with Crippen LogP contribution in [0.5, 0.6) is 0 Å². The predicted octanol–water partition coefficient (Wildman–Crippen LogP) is 4.31. The fourth-order valence-electron chi connectivity index (χ4n) is 3.30. The molecule has 0 aliphatic carbocycles. The van der Waals surface area contributed by atoms with E-state index in [1.54, 1.807) is 42.3 Å². The summed E-state index contributed by atoms with van der Waals surface area (Å²) in [6, 6.07) is 3.27. The molecular formula is C20H20ClF3N4O2. The number of aromatic nitrogens is 4. The largest absolute Gasteiger partial charge is 0.462 e. The Morgan fingerprint density at radius 1 is 1.27 bits per heavy atom. The van der Waals surface area contributed by atoms with Crippen molar-refractivity contribution in [3.05, 3.63) is 59.4 Å². The Labute approximate surface area is 176 Å². The van der Waals surface area contributed by atoms with E-state index in [2.05, 4.69) is 10.1 Å². The van der Waals surface area contributed by atoms with Crippen LogP contribution in [0.1, 0.15) is 34.1 Å². The summed E-state index contributed by atoms with van der Waals surface area (Å²) < 4.78 is 48.9. The SMILES string of the molecule is CCOC(=O)c1cc(Cn2ccnc2)cc(-c2cn(C)nc2C(F)(F)F)c1CCCl. The van der Waals surface area contributed by atoms with E-state index in [0.717, 1.165) is 4.68 Å². The van der Waals surface area contributed by atoms with Crippen molar-refractivity contribution in [2.45, 2.75) is 26.1 Å². The minimum Gasteiger partial charge on any atom is -0.462 e. The highest BCUT2D eigenvalue weighted by Gasteiger charge is 2.38. The van der Waals surface area contributed by atoms with E-state index >= 15 is 0 Å². The van der Waals surface area contributed by atoms with Gasteiger partial charge in [-0.15, -0.1) is 11.6 Å². The number of hydrogen-bond acceptors (Lipinski definition) is 4. The maximum Gasteiger partial charge on any atom is 0.435 e. The average molecular weight is 441 g/mol. The first-order chi connectivity index (χ1) is 14.2. The normalized spacial score (nSPS) is 11.7. The summed E-state index contributed by atoms with van der Waals surface area (Å²) in [7, 11) is 1.42.